The zero-order valence-corrected chi connectivity index (χ0v) is 17.5. The highest BCUT2D eigenvalue weighted by molar-refractivity contribution is 6.75. The molecule has 0 bridgehead atoms. The van der Waals surface area contributed by atoms with Crippen LogP contribution in [0.3, 0.4) is 0 Å². The second-order valence-corrected chi connectivity index (χ2v) is 10.1. The Morgan fingerprint density at radius 3 is 2.04 bits per heavy atom. The van der Waals surface area contributed by atoms with E-state index in [1.54, 1.807) is 5.46 Å². The molecule has 3 aromatic rings. The molecule has 2 aliphatic rings. The van der Waals surface area contributed by atoms with Crippen LogP contribution in [-0.4, -0.2) is 6.71 Å². The molecule has 0 aromatic heterocycles. The number of rotatable bonds is 2. The first-order valence-electron chi connectivity index (χ1n) is 10.7. The van der Waals surface area contributed by atoms with E-state index in [1.807, 2.05) is 0 Å². The predicted octanol–water partition coefficient (Wildman–Crippen LogP) is 6.69. The Hall–Kier alpha value is -2.28. The Labute approximate surface area is 170 Å². The highest BCUT2D eigenvalue weighted by atomic mass is 14.4. The lowest BCUT2D eigenvalue weighted by Gasteiger charge is -2.35. The fraction of sp³-hybridized carbons (Fsp3) is 0.333. The van der Waals surface area contributed by atoms with Crippen LogP contribution in [0.25, 0.3) is 22.3 Å². The van der Waals surface area contributed by atoms with E-state index in [0.717, 1.165) is 6.42 Å². The topological polar surface area (TPSA) is 0 Å². The first-order valence-corrected chi connectivity index (χ1v) is 10.7. The molecule has 1 heteroatoms. The largest absolute Gasteiger partial charge is 0.177 e. The van der Waals surface area contributed by atoms with Crippen molar-refractivity contribution < 1.29 is 0 Å². The first kappa shape index (κ1) is 17.8. The quantitative estimate of drug-likeness (QED) is 0.348. The summed E-state index contributed by atoms with van der Waals surface area (Å²) in [5.74, 6) is 0. The first-order chi connectivity index (χ1) is 13.4. The van der Waals surface area contributed by atoms with Crippen molar-refractivity contribution in [2.24, 2.45) is 10.8 Å². The second-order valence-electron chi connectivity index (χ2n) is 10.1. The minimum absolute atomic E-state index is 0.383. The highest BCUT2D eigenvalue weighted by Crippen LogP contribution is 2.53. The van der Waals surface area contributed by atoms with Crippen LogP contribution in [0.4, 0.5) is 0 Å². The third-order valence-corrected chi connectivity index (χ3v) is 7.87. The highest BCUT2D eigenvalue weighted by Gasteiger charge is 2.48. The molecule has 1 aliphatic carbocycles. The van der Waals surface area contributed by atoms with Gasteiger partial charge < -0.3 is 0 Å². The Morgan fingerprint density at radius 2 is 1.32 bits per heavy atom. The third kappa shape index (κ3) is 2.59. The molecule has 0 nitrogen and oxygen atoms in total. The van der Waals surface area contributed by atoms with E-state index in [1.165, 1.54) is 46.0 Å². The van der Waals surface area contributed by atoms with Gasteiger partial charge in [-0.3, -0.25) is 0 Å². The average molecular weight is 364 g/mol. The zero-order valence-electron chi connectivity index (χ0n) is 17.5. The van der Waals surface area contributed by atoms with Crippen molar-refractivity contribution in [1.29, 1.82) is 0 Å². The van der Waals surface area contributed by atoms with Gasteiger partial charge in [0.05, 0.1) is 0 Å². The minimum Gasteiger partial charge on any atom is -0.0720 e. The molecule has 0 amide bonds. The van der Waals surface area contributed by atoms with E-state index in [4.69, 9.17) is 0 Å². The lowest BCUT2D eigenvalue weighted by atomic mass is 9.41. The molecule has 0 N–H and O–H groups in total. The summed E-state index contributed by atoms with van der Waals surface area (Å²) in [6.45, 7) is 10.5. The van der Waals surface area contributed by atoms with Crippen molar-refractivity contribution in [2.75, 3.05) is 0 Å². The maximum Gasteiger partial charge on any atom is 0.177 e. The van der Waals surface area contributed by atoms with Crippen molar-refractivity contribution in [2.45, 2.75) is 46.8 Å². The van der Waals surface area contributed by atoms with E-state index < -0.39 is 0 Å². The molecule has 1 saturated heterocycles. The molecule has 0 atom stereocenters. The Bertz CT molecular complexity index is 1030. The fourth-order valence-electron chi connectivity index (χ4n) is 5.60. The van der Waals surface area contributed by atoms with E-state index in [0.29, 0.717) is 17.5 Å². The van der Waals surface area contributed by atoms with E-state index in [9.17, 15) is 0 Å². The lowest BCUT2D eigenvalue weighted by molar-refractivity contribution is 0.177. The smallest absolute Gasteiger partial charge is 0.0720 e. The number of hydrogen-bond acceptors (Lipinski definition) is 0. The molecule has 1 fully saturated rings. The van der Waals surface area contributed by atoms with Crippen molar-refractivity contribution in [1.82, 2.24) is 0 Å². The normalized spacial score (nSPS) is 18.8. The molecule has 0 spiro atoms. The van der Waals surface area contributed by atoms with Crippen LogP contribution in [0.15, 0.2) is 66.7 Å². The predicted molar refractivity (Wildman–Crippen MR) is 123 cm³/mol. The Balaban J connectivity index is 1.64. The summed E-state index contributed by atoms with van der Waals surface area (Å²) in [6.07, 6.45) is 3.62. The van der Waals surface area contributed by atoms with Crippen molar-refractivity contribution in [3.05, 3.63) is 77.9 Å². The molecular weight excluding hydrogens is 335 g/mol. The van der Waals surface area contributed by atoms with Crippen LogP contribution in [-0.2, 0) is 6.42 Å². The molecule has 28 heavy (non-hydrogen) atoms. The molecule has 1 aliphatic heterocycles. The van der Waals surface area contributed by atoms with Gasteiger partial charge in [0.2, 0.25) is 0 Å². The van der Waals surface area contributed by atoms with Gasteiger partial charge >= 0.3 is 0 Å². The molecule has 0 saturated carbocycles. The summed E-state index contributed by atoms with van der Waals surface area (Å²) in [7, 11) is 0. The summed E-state index contributed by atoms with van der Waals surface area (Å²) in [5, 5.41) is 0. The molecule has 5 rings (SSSR count). The number of benzene rings is 3. The Kier molecular flexibility index (Phi) is 3.88. The number of hydrogen-bond donors (Lipinski definition) is 0. The van der Waals surface area contributed by atoms with Gasteiger partial charge in [-0.2, -0.15) is 0 Å². The van der Waals surface area contributed by atoms with Crippen LogP contribution in [0, 0.1) is 10.8 Å². The molecular formula is C27H29B. The van der Waals surface area contributed by atoms with Gasteiger partial charge in [-0.1, -0.05) is 113 Å². The van der Waals surface area contributed by atoms with Gasteiger partial charge in [-0.15, -0.1) is 0 Å². The monoisotopic (exact) mass is 364 g/mol. The third-order valence-electron chi connectivity index (χ3n) is 7.87. The summed E-state index contributed by atoms with van der Waals surface area (Å²) < 4.78 is 0. The summed E-state index contributed by atoms with van der Waals surface area (Å²) in [4.78, 5) is 0. The van der Waals surface area contributed by atoms with Gasteiger partial charge in [0, 0.05) is 0 Å². The summed E-state index contributed by atoms with van der Waals surface area (Å²) in [6, 6.07) is 24.8. The summed E-state index contributed by atoms with van der Waals surface area (Å²) >= 11 is 0. The maximum atomic E-state index is 2.46. The second kappa shape index (κ2) is 6.11. The van der Waals surface area contributed by atoms with E-state index in [-0.39, 0.29) is 0 Å². The molecule has 140 valence electrons. The standard InChI is InChI=1S/C27H29B/c1-26(2)17-28(18-27(26,3)4)24-15-8-12-20-16-23-21(19-10-6-5-7-11-19)13-9-14-22(23)25(20)24/h5-15H,16-18H2,1-4H3. The van der Waals surface area contributed by atoms with Gasteiger partial charge in [0.25, 0.3) is 0 Å². The lowest BCUT2D eigenvalue weighted by Crippen LogP contribution is -2.30. The average Bonchev–Trinajstić information content (AvgIpc) is 3.16. The van der Waals surface area contributed by atoms with Crippen molar-refractivity contribution >= 4 is 12.2 Å². The fourth-order valence-corrected chi connectivity index (χ4v) is 5.60. The SMILES string of the molecule is CC1(C)CB(c2cccc3c2-c2cccc(-c4ccccc4)c2C3)CC1(C)C. The number of fused-ring (bicyclic) bond motifs is 3. The van der Waals surface area contributed by atoms with Crippen LogP contribution in [0.5, 0.6) is 0 Å². The van der Waals surface area contributed by atoms with E-state index >= 15 is 0 Å². The van der Waals surface area contributed by atoms with Crippen molar-refractivity contribution in [3.8, 4) is 22.3 Å². The maximum absolute atomic E-state index is 2.46. The van der Waals surface area contributed by atoms with Crippen LogP contribution < -0.4 is 5.46 Å². The van der Waals surface area contributed by atoms with Gasteiger partial charge in [0.1, 0.15) is 0 Å². The van der Waals surface area contributed by atoms with Gasteiger partial charge in [0.15, 0.2) is 6.71 Å². The van der Waals surface area contributed by atoms with Gasteiger partial charge in [-0.25, -0.2) is 0 Å². The van der Waals surface area contributed by atoms with Gasteiger partial charge in [-0.05, 0) is 50.6 Å². The molecule has 0 unspecified atom stereocenters. The van der Waals surface area contributed by atoms with Crippen LogP contribution in [0.1, 0.15) is 38.8 Å². The minimum atomic E-state index is 0.383. The zero-order chi connectivity index (χ0) is 19.5. The molecule has 1 heterocycles. The Morgan fingerprint density at radius 1 is 0.679 bits per heavy atom. The molecule has 3 aromatic carbocycles. The van der Waals surface area contributed by atoms with Crippen LogP contribution in [0.2, 0.25) is 12.6 Å². The summed E-state index contributed by atoms with van der Waals surface area (Å²) in [5.41, 5.74) is 11.1. The van der Waals surface area contributed by atoms with Crippen molar-refractivity contribution in [3.63, 3.8) is 0 Å². The van der Waals surface area contributed by atoms with E-state index in [2.05, 4.69) is 94.4 Å². The van der Waals surface area contributed by atoms with Crippen LogP contribution >= 0.6 is 0 Å². The molecule has 0 radical (unpaired) electrons.